The molecule has 128 valence electrons. The van der Waals surface area contributed by atoms with Crippen molar-refractivity contribution in [3.8, 4) is 0 Å². The molecule has 5 nitrogen and oxygen atoms in total. The average molecular weight is 401 g/mol. The summed E-state index contributed by atoms with van der Waals surface area (Å²) in [6.07, 6.45) is 1.79. The van der Waals surface area contributed by atoms with Gasteiger partial charge in [0.2, 0.25) is 10.0 Å². The van der Waals surface area contributed by atoms with Crippen molar-refractivity contribution in [1.82, 2.24) is 0 Å². The molecule has 0 aliphatic carbocycles. The standard InChI is InChI=1S/C15H16N2O3S4/c1-10-8-11-9-12(5-6-13(11)16-15(21)20-10)17(24(2,18)19)23-14-4-3-7-22-14/h3-7,9-10H,8H2,1-2H3,(H,16,21). The second-order valence-corrected chi connectivity index (χ2v) is 10.0. The third-order valence-electron chi connectivity index (χ3n) is 3.32. The summed E-state index contributed by atoms with van der Waals surface area (Å²) < 4.78 is 32.3. The molecule has 0 bridgehead atoms. The van der Waals surface area contributed by atoms with Gasteiger partial charge in [0.15, 0.2) is 0 Å². The van der Waals surface area contributed by atoms with Crippen LogP contribution in [0.15, 0.2) is 39.9 Å². The topological polar surface area (TPSA) is 58.6 Å². The van der Waals surface area contributed by atoms with Crippen molar-refractivity contribution in [2.75, 3.05) is 15.3 Å². The Balaban J connectivity index is 1.98. The maximum Gasteiger partial charge on any atom is 0.261 e. The van der Waals surface area contributed by atoms with Crippen molar-refractivity contribution in [2.45, 2.75) is 23.7 Å². The molecule has 1 aromatic carbocycles. The van der Waals surface area contributed by atoms with Gasteiger partial charge < -0.3 is 10.1 Å². The first kappa shape index (κ1) is 17.5. The van der Waals surface area contributed by atoms with Crippen LogP contribution in [0.3, 0.4) is 0 Å². The number of thiophene rings is 1. The van der Waals surface area contributed by atoms with Crippen LogP contribution < -0.4 is 9.03 Å². The van der Waals surface area contributed by atoms with Gasteiger partial charge in [0, 0.05) is 24.1 Å². The minimum absolute atomic E-state index is 0.0712. The number of benzene rings is 1. The van der Waals surface area contributed by atoms with E-state index in [9.17, 15) is 8.42 Å². The van der Waals surface area contributed by atoms with Crippen LogP contribution in [0, 0.1) is 0 Å². The van der Waals surface area contributed by atoms with Gasteiger partial charge >= 0.3 is 0 Å². The third-order valence-corrected chi connectivity index (χ3v) is 7.24. The summed E-state index contributed by atoms with van der Waals surface area (Å²) in [5, 5.41) is 5.30. The lowest BCUT2D eigenvalue weighted by Gasteiger charge is -2.21. The number of nitrogens with one attached hydrogen (secondary N) is 1. The first-order valence-corrected chi connectivity index (χ1v) is 11.1. The number of nitrogens with zero attached hydrogens (tertiary/aromatic N) is 1. The summed E-state index contributed by atoms with van der Waals surface area (Å²) in [7, 11) is -3.43. The van der Waals surface area contributed by atoms with Gasteiger partial charge in [-0.2, -0.15) is 0 Å². The normalized spacial score (nSPS) is 17.4. The van der Waals surface area contributed by atoms with Gasteiger partial charge in [0.1, 0.15) is 6.10 Å². The number of hydrogen-bond donors (Lipinski definition) is 1. The monoisotopic (exact) mass is 400 g/mol. The van der Waals surface area contributed by atoms with Crippen LogP contribution in [0.25, 0.3) is 0 Å². The Bertz CT molecular complexity index is 850. The predicted octanol–water partition coefficient (Wildman–Crippen LogP) is 3.88. The minimum atomic E-state index is -3.43. The molecular weight excluding hydrogens is 384 g/mol. The van der Waals surface area contributed by atoms with E-state index >= 15 is 0 Å². The highest BCUT2D eigenvalue weighted by atomic mass is 32.3. The zero-order chi connectivity index (χ0) is 17.3. The predicted molar refractivity (Wildman–Crippen MR) is 104 cm³/mol. The molecular formula is C15H16N2O3S4. The summed E-state index contributed by atoms with van der Waals surface area (Å²) in [5.74, 6) is 0. The molecule has 1 aromatic heterocycles. The van der Waals surface area contributed by atoms with E-state index < -0.39 is 10.0 Å². The summed E-state index contributed by atoms with van der Waals surface area (Å²) in [6.45, 7) is 1.94. The highest BCUT2D eigenvalue weighted by Gasteiger charge is 2.23. The Morgan fingerprint density at radius 2 is 2.21 bits per heavy atom. The largest absolute Gasteiger partial charge is 0.467 e. The Kier molecular flexibility index (Phi) is 5.05. The molecule has 0 saturated carbocycles. The second-order valence-electron chi connectivity index (χ2n) is 5.40. The SMILES string of the molecule is CC1Cc2cc(N(Sc3cccs3)S(C)(=O)=O)ccc2NC(=S)O1. The van der Waals surface area contributed by atoms with E-state index in [1.165, 1.54) is 33.3 Å². The summed E-state index contributed by atoms with van der Waals surface area (Å²) >= 11 is 7.83. The van der Waals surface area contributed by atoms with E-state index in [0.717, 1.165) is 15.5 Å². The van der Waals surface area contributed by atoms with Crippen LogP contribution in [-0.2, 0) is 21.2 Å². The summed E-state index contributed by atoms with van der Waals surface area (Å²) in [6, 6.07) is 9.27. The molecule has 3 rings (SSSR count). The number of sulfonamides is 1. The van der Waals surface area contributed by atoms with Crippen molar-refractivity contribution in [3.05, 3.63) is 41.3 Å². The van der Waals surface area contributed by atoms with Crippen LogP contribution in [0.2, 0.25) is 0 Å². The molecule has 0 spiro atoms. The van der Waals surface area contributed by atoms with Crippen LogP contribution >= 0.6 is 35.5 Å². The average Bonchev–Trinajstić information content (AvgIpc) is 2.93. The van der Waals surface area contributed by atoms with Gasteiger partial charge in [-0.05, 0) is 54.4 Å². The quantitative estimate of drug-likeness (QED) is 0.621. The molecule has 1 N–H and O–H groups in total. The summed E-state index contributed by atoms with van der Waals surface area (Å²) in [4.78, 5) is 0. The molecule has 1 aliphatic rings. The van der Waals surface area contributed by atoms with E-state index in [0.29, 0.717) is 17.3 Å². The Labute approximate surface area is 155 Å². The van der Waals surface area contributed by atoms with E-state index in [-0.39, 0.29) is 6.10 Å². The van der Waals surface area contributed by atoms with Crippen molar-refractivity contribution < 1.29 is 13.2 Å². The fraction of sp³-hybridized carbons (Fsp3) is 0.267. The zero-order valence-electron chi connectivity index (χ0n) is 13.1. The Morgan fingerprint density at radius 3 is 2.88 bits per heavy atom. The molecule has 0 amide bonds. The molecule has 1 unspecified atom stereocenters. The van der Waals surface area contributed by atoms with E-state index in [4.69, 9.17) is 17.0 Å². The molecule has 1 aliphatic heterocycles. The van der Waals surface area contributed by atoms with Crippen molar-refractivity contribution in [2.24, 2.45) is 0 Å². The van der Waals surface area contributed by atoms with E-state index in [1.54, 1.807) is 6.07 Å². The summed E-state index contributed by atoms with van der Waals surface area (Å²) in [5.41, 5.74) is 2.43. The molecule has 24 heavy (non-hydrogen) atoms. The maximum absolute atomic E-state index is 12.3. The number of thiocarbonyl (C=S) groups is 1. The molecule has 2 aromatic rings. The number of anilines is 2. The lowest BCUT2D eigenvalue weighted by atomic mass is 10.1. The number of hydrogen-bond acceptors (Lipinski definition) is 6. The molecule has 1 atom stereocenters. The van der Waals surface area contributed by atoms with Crippen molar-refractivity contribution in [3.63, 3.8) is 0 Å². The molecule has 0 fully saturated rings. The fourth-order valence-electron chi connectivity index (χ4n) is 2.37. The second kappa shape index (κ2) is 6.91. The van der Waals surface area contributed by atoms with Crippen molar-refractivity contribution >= 4 is 62.1 Å². The first-order chi connectivity index (χ1) is 11.3. The van der Waals surface area contributed by atoms with Crippen LogP contribution in [0.1, 0.15) is 12.5 Å². The highest BCUT2D eigenvalue weighted by Crippen LogP contribution is 2.36. The lowest BCUT2D eigenvalue weighted by molar-refractivity contribution is 0.217. The minimum Gasteiger partial charge on any atom is -0.467 e. The third kappa shape index (κ3) is 4.02. The first-order valence-electron chi connectivity index (χ1n) is 7.15. The van der Waals surface area contributed by atoms with E-state index in [1.807, 2.05) is 36.6 Å². The highest BCUT2D eigenvalue weighted by molar-refractivity contribution is 8.15. The fourth-order valence-corrected chi connectivity index (χ4v) is 5.59. The molecule has 0 radical (unpaired) electrons. The van der Waals surface area contributed by atoms with Gasteiger partial charge in [-0.3, -0.25) is 0 Å². The number of rotatable bonds is 4. The van der Waals surface area contributed by atoms with E-state index in [2.05, 4.69) is 5.32 Å². The molecule has 9 heteroatoms. The molecule has 2 heterocycles. The van der Waals surface area contributed by atoms with Gasteiger partial charge in [0.25, 0.3) is 5.17 Å². The van der Waals surface area contributed by atoms with Crippen LogP contribution in [0.4, 0.5) is 11.4 Å². The van der Waals surface area contributed by atoms with Gasteiger partial charge in [-0.25, -0.2) is 12.1 Å². The van der Waals surface area contributed by atoms with Crippen LogP contribution in [-0.4, -0.2) is 26.0 Å². The lowest BCUT2D eigenvalue weighted by Crippen LogP contribution is -2.22. The maximum atomic E-state index is 12.3. The van der Waals surface area contributed by atoms with Crippen LogP contribution in [0.5, 0.6) is 0 Å². The number of ether oxygens (including phenoxy) is 1. The Morgan fingerprint density at radius 1 is 1.42 bits per heavy atom. The van der Waals surface area contributed by atoms with Gasteiger partial charge in [-0.1, -0.05) is 6.07 Å². The van der Waals surface area contributed by atoms with Gasteiger partial charge in [0.05, 0.1) is 16.2 Å². The zero-order valence-corrected chi connectivity index (χ0v) is 16.3. The van der Waals surface area contributed by atoms with Crippen molar-refractivity contribution in [1.29, 1.82) is 0 Å². The van der Waals surface area contributed by atoms with Gasteiger partial charge in [-0.15, -0.1) is 11.3 Å². The number of fused-ring (bicyclic) bond motifs is 1. The molecule has 0 saturated heterocycles. The smallest absolute Gasteiger partial charge is 0.261 e. The Hall–Kier alpha value is -1.29.